The topological polar surface area (TPSA) is 133 Å². The number of nitrogens with one attached hydrogen (secondary N) is 3. The summed E-state index contributed by atoms with van der Waals surface area (Å²) >= 11 is 0.907. The van der Waals surface area contributed by atoms with Crippen LogP contribution in [0.25, 0.3) is 0 Å². The molecule has 0 spiro atoms. The lowest BCUT2D eigenvalue weighted by atomic mass is 10.4. The number of thioether (sulfide) groups is 1. The van der Waals surface area contributed by atoms with Gasteiger partial charge in [0, 0.05) is 6.20 Å². The molecule has 2 aromatic rings. The zero-order valence-electron chi connectivity index (χ0n) is 11.4. The number of H-pyrrole nitrogens is 2. The largest absolute Gasteiger partial charge is 0.342 e. The maximum atomic E-state index is 11.8. The fraction of sp³-hybridized carbons (Fsp3) is 0.167. The minimum absolute atomic E-state index is 0.00374. The highest BCUT2D eigenvalue weighted by atomic mass is 32.2. The first-order chi connectivity index (χ1) is 10.6. The standard InChI is InChI=1S/C12H12N6O3S/c1-7(22-11-10(20)15-12(21)18-17-11)9(19)16-14-6-8-4-2-3-5-13-8/h2-7H,1H3,(H,16,19)(H2,15,18,20,21)/b14-6+. The zero-order chi connectivity index (χ0) is 15.9. The van der Waals surface area contributed by atoms with E-state index in [2.05, 4.69) is 25.7 Å². The van der Waals surface area contributed by atoms with Crippen LogP contribution in [-0.2, 0) is 4.79 Å². The van der Waals surface area contributed by atoms with Crippen molar-refractivity contribution in [3.05, 3.63) is 50.9 Å². The van der Waals surface area contributed by atoms with Crippen molar-refractivity contribution in [3.8, 4) is 0 Å². The Labute approximate surface area is 128 Å². The van der Waals surface area contributed by atoms with Gasteiger partial charge in [-0.1, -0.05) is 17.8 Å². The van der Waals surface area contributed by atoms with Gasteiger partial charge in [0.05, 0.1) is 17.2 Å². The molecule has 9 nitrogen and oxygen atoms in total. The molecule has 1 unspecified atom stereocenters. The molecule has 2 heterocycles. The van der Waals surface area contributed by atoms with Gasteiger partial charge in [0.15, 0.2) is 5.03 Å². The molecule has 0 saturated carbocycles. The van der Waals surface area contributed by atoms with Crippen LogP contribution in [0.3, 0.4) is 0 Å². The number of hydrazone groups is 1. The van der Waals surface area contributed by atoms with Crippen LogP contribution >= 0.6 is 11.8 Å². The van der Waals surface area contributed by atoms with E-state index in [0.29, 0.717) is 5.69 Å². The summed E-state index contributed by atoms with van der Waals surface area (Å²) in [5, 5.41) is 8.83. The molecule has 2 rings (SSSR count). The molecule has 0 aliphatic carbocycles. The Bertz CT molecular complexity index is 785. The van der Waals surface area contributed by atoms with E-state index < -0.39 is 22.4 Å². The van der Waals surface area contributed by atoms with E-state index in [1.807, 2.05) is 4.98 Å². The van der Waals surface area contributed by atoms with E-state index in [4.69, 9.17) is 0 Å². The molecule has 1 amide bonds. The molecule has 0 aliphatic rings. The quantitative estimate of drug-likeness (QED) is 0.386. The van der Waals surface area contributed by atoms with Gasteiger partial charge in [0.1, 0.15) is 0 Å². The molecule has 3 N–H and O–H groups in total. The van der Waals surface area contributed by atoms with Crippen LogP contribution in [0.2, 0.25) is 0 Å². The predicted molar refractivity (Wildman–Crippen MR) is 80.8 cm³/mol. The van der Waals surface area contributed by atoms with Gasteiger partial charge in [-0.05, 0) is 19.1 Å². The Morgan fingerprint density at radius 2 is 2.27 bits per heavy atom. The molecule has 0 saturated heterocycles. The monoisotopic (exact) mass is 320 g/mol. The second kappa shape index (κ2) is 7.31. The second-order valence-electron chi connectivity index (χ2n) is 4.06. The number of nitrogens with zero attached hydrogens (tertiary/aromatic N) is 3. The van der Waals surface area contributed by atoms with Crippen molar-refractivity contribution in [2.24, 2.45) is 5.10 Å². The minimum Gasteiger partial charge on any atom is -0.272 e. The maximum absolute atomic E-state index is 11.8. The summed E-state index contributed by atoms with van der Waals surface area (Å²) in [6, 6.07) is 5.30. The van der Waals surface area contributed by atoms with Crippen molar-refractivity contribution in [3.63, 3.8) is 0 Å². The van der Waals surface area contributed by atoms with Crippen LogP contribution in [0.15, 0.2) is 44.1 Å². The van der Waals surface area contributed by atoms with Gasteiger partial charge in [-0.3, -0.25) is 19.6 Å². The normalized spacial score (nSPS) is 12.2. The summed E-state index contributed by atoms with van der Waals surface area (Å²) in [4.78, 5) is 40.2. The maximum Gasteiger partial charge on any atom is 0.342 e. The molecule has 10 heteroatoms. The van der Waals surface area contributed by atoms with Crippen molar-refractivity contribution in [2.75, 3.05) is 0 Å². The van der Waals surface area contributed by atoms with E-state index in [0.717, 1.165) is 11.8 Å². The number of rotatable bonds is 5. The van der Waals surface area contributed by atoms with Crippen molar-refractivity contribution in [1.29, 1.82) is 0 Å². The Balaban J connectivity index is 1.93. The van der Waals surface area contributed by atoms with E-state index in [1.54, 1.807) is 31.3 Å². The van der Waals surface area contributed by atoms with Crippen LogP contribution in [0, 0.1) is 0 Å². The number of pyridine rings is 1. The van der Waals surface area contributed by atoms with Gasteiger partial charge in [0.2, 0.25) is 0 Å². The van der Waals surface area contributed by atoms with Gasteiger partial charge in [-0.2, -0.15) is 10.2 Å². The molecule has 1 atom stereocenters. The van der Waals surface area contributed by atoms with Crippen LogP contribution in [0.5, 0.6) is 0 Å². The lowest BCUT2D eigenvalue weighted by Gasteiger charge is -2.07. The molecule has 0 aromatic carbocycles. The number of hydrogen-bond acceptors (Lipinski definition) is 7. The molecular weight excluding hydrogens is 308 g/mol. The fourth-order valence-corrected chi connectivity index (χ4v) is 2.09. The van der Waals surface area contributed by atoms with Crippen LogP contribution in [0.4, 0.5) is 0 Å². The summed E-state index contributed by atoms with van der Waals surface area (Å²) in [5.74, 6) is -0.412. The highest BCUT2D eigenvalue weighted by molar-refractivity contribution is 8.00. The molecule has 22 heavy (non-hydrogen) atoms. The minimum atomic E-state index is -0.702. The first kappa shape index (κ1) is 15.6. The van der Waals surface area contributed by atoms with Crippen molar-refractivity contribution in [2.45, 2.75) is 17.2 Å². The van der Waals surface area contributed by atoms with E-state index >= 15 is 0 Å². The first-order valence-corrected chi connectivity index (χ1v) is 7.04. The van der Waals surface area contributed by atoms with E-state index in [9.17, 15) is 14.4 Å². The smallest absolute Gasteiger partial charge is 0.272 e. The van der Waals surface area contributed by atoms with Crippen molar-refractivity contribution in [1.82, 2.24) is 25.6 Å². The molecule has 0 radical (unpaired) electrons. The van der Waals surface area contributed by atoms with Gasteiger partial charge < -0.3 is 0 Å². The third kappa shape index (κ3) is 4.38. The highest BCUT2D eigenvalue weighted by Gasteiger charge is 2.16. The molecule has 114 valence electrons. The number of amides is 1. The summed E-state index contributed by atoms with van der Waals surface area (Å²) in [6.45, 7) is 1.59. The Hall–Kier alpha value is -2.75. The van der Waals surface area contributed by atoms with Crippen molar-refractivity contribution < 1.29 is 4.79 Å². The lowest BCUT2D eigenvalue weighted by Crippen LogP contribution is -2.30. The summed E-state index contributed by atoms with van der Waals surface area (Å²) in [7, 11) is 0. The molecule has 0 aliphatic heterocycles. The molecule has 0 fully saturated rings. The lowest BCUT2D eigenvalue weighted by molar-refractivity contribution is -0.120. The van der Waals surface area contributed by atoms with Gasteiger partial charge in [0.25, 0.3) is 11.5 Å². The fourth-order valence-electron chi connectivity index (χ4n) is 1.34. The first-order valence-electron chi connectivity index (χ1n) is 6.16. The SMILES string of the molecule is CC(Sc1n[nH]c(=O)[nH]c1=O)C(=O)N/N=C/c1ccccn1. The number of aromatic nitrogens is 4. The van der Waals surface area contributed by atoms with Gasteiger partial charge >= 0.3 is 5.69 Å². The number of aromatic amines is 2. The van der Waals surface area contributed by atoms with E-state index in [1.165, 1.54) is 6.21 Å². The molecule has 2 aromatic heterocycles. The summed E-state index contributed by atoms with van der Waals surface area (Å²) in [6.07, 6.45) is 3.01. The summed E-state index contributed by atoms with van der Waals surface area (Å²) < 4.78 is 0. The van der Waals surface area contributed by atoms with Crippen LogP contribution in [-0.4, -0.2) is 37.5 Å². The van der Waals surface area contributed by atoms with Crippen LogP contribution < -0.4 is 16.7 Å². The third-order valence-electron chi connectivity index (χ3n) is 2.40. The number of carbonyl (C=O) groups excluding carboxylic acids is 1. The van der Waals surface area contributed by atoms with Gasteiger partial charge in [-0.25, -0.2) is 15.3 Å². The molecular formula is C12H12N6O3S. The average Bonchev–Trinajstić information content (AvgIpc) is 2.51. The third-order valence-corrected chi connectivity index (χ3v) is 3.46. The summed E-state index contributed by atoms with van der Waals surface area (Å²) in [5.41, 5.74) is 1.59. The second-order valence-corrected chi connectivity index (χ2v) is 5.39. The predicted octanol–water partition coefficient (Wildman–Crippen LogP) is -0.516. The number of hydrogen-bond donors (Lipinski definition) is 3. The van der Waals surface area contributed by atoms with E-state index in [-0.39, 0.29) is 5.03 Å². The Morgan fingerprint density at radius 1 is 1.45 bits per heavy atom. The Kier molecular flexibility index (Phi) is 5.20. The Morgan fingerprint density at radius 3 is 2.95 bits per heavy atom. The van der Waals surface area contributed by atoms with Crippen LogP contribution in [0.1, 0.15) is 12.6 Å². The van der Waals surface area contributed by atoms with Crippen molar-refractivity contribution >= 4 is 23.9 Å². The zero-order valence-corrected chi connectivity index (χ0v) is 12.3. The van der Waals surface area contributed by atoms with Gasteiger partial charge in [-0.15, -0.1) is 0 Å². The average molecular weight is 320 g/mol. The number of carbonyl (C=O) groups is 1. The molecule has 0 bridgehead atoms. The highest BCUT2D eigenvalue weighted by Crippen LogP contribution is 2.16.